The molecule has 0 aliphatic heterocycles. The quantitative estimate of drug-likeness (QED) is 0.457. The van der Waals surface area contributed by atoms with E-state index in [0.717, 1.165) is 48.3 Å². The molecule has 9 atom stereocenters. The summed E-state index contributed by atoms with van der Waals surface area (Å²) in [5.74, 6) is 5.70. The van der Waals surface area contributed by atoms with E-state index >= 15 is 0 Å². The first-order valence-corrected chi connectivity index (χ1v) is 13.3. The molecule has 0 radical (unpaired) electrons. The van der Waals surface area contributed by atoms with E-state index < -0.39 is 0 Å². The van der Waals surface area contributed by atoms with Crippen LogP contribution in [0.4, 0.5) is 0 Å². The van der Waals surface area contributed by atoms with Crippen LogP contribution in [0.5, 0.6) is 0 Å². The molecule has 0 aromatic carbocycles. The maximum absolute atomic E-state index is 10.2. The topological polar surface area (TPSA) is 20.2 Å². The van der Waals surface area contributed by atoms with Crippen molar-refractivity contribution in [1.82, 2.24) is 0 Å². The van der Waals surface area contributed by atoms with Crippen molar-refractivity contribution in [2.24, 2.45) is 52.3 Å². The van der Waals surface area contributed by atoms with Crippen LogP contribution in [0.2, 0.25) is 0 Å². The van der Waals surface area contributed by atoms with Crippen molar-refractivity contribution in [3.8, 4) is 0 Å². The van der Waals surface area contributed by atoms with Crippen LogP contribution in [0.25, 0.3) is 0 Å². The molecular formula is C29H48O. The molecule has 0 bridgehead atoms. The van der Waals surface area contributed by atoms with Crippen molar-refractivity contribution >= 4 is 0 Å². The SMILES string of the molecule is CC[C@H](/C=C/C(C)[C@H]1CCC2[C@@H]3CC=C4C[C@@H](O)CC[C@]4(C)C3CC[C@@]21C)C(C)C. The lowest BCUT2D eigenvalue weighted by Gasteiger charge is -2.58. The first-order valence-electron chi connectivity index (χ1n) is 13.3. The summed E-state index contributed by atoms with van der Waals surface area (Å²) in [5, 5.41) is 10.2. The standard InChI is InChI=1S/C29H48O/c1-7-21(19(2)3)9-8-20(4)25-12-13-26-24-11-10-22-18-23(30)14-16-28(22,5)27(24)15-17-29(25,26)6/h8-10,19-21,23-27,30H,7,11-18H2,1-6H3/b9-8+/t20?,21-,23+,24+,25-,26?,27?,28+,29-/m1/s1. The van der Waals surface area contributed by atoms with E-state index in [-0.39, 0.29) is 6.10 Å². The van der Waals surface area contributed by atoms with E-state index in [1.165, 1.54) is 44.9 Å². The minimum Gasteiger partial charge on any atom is -0.393 e. The third-order valence-electron chi connectivity index (χ3n) is 10.8. The second kappa shape index (κ2) is 8.42. The van der Waals surface area contributed by atoms with Crippen LogP contribution < -0.4 is 0 Å². The molecule has 1 heteroatoms. The third kappa shape index (κ3) is 3.66. The molecule has 4 rings (SSSR count). The summed E-state index contributed by atoms with van der Waals surface area (Å²) in [5.41, 5.74) is 2.51. The maximum Gasteiger partial charge on any atom is 0.0577 e. The summed E-state index contributed by atoms with van der Waals surface area (Å²) < 4.78 is 0. The number of rotatable bonds is 5. The van der Waals surface area contributed by atoms with Gasteiger partial charge in [-0.1, -0.05) is 65.3 Å². The van der Waals surface area contributed by atoms with Gasteiger partial charge >= 0.3 is 0 Å². The van der Waals surface area contributed by atoms with Crippen LogP contribution in [-0.2, 0) is 0 Å². The summed E-state index contributed by atoms with van der Waals surface area (Å²) >= 11 is 0. The van der Waals surface area contributed by atoms with E-state index in [4.69, 9.17) is 0 Å². The summed E-state index contributed by atoms with van der Waals surface area (Å²) in [4.78, 5) is 0. The molecule has 170 valence electrons. The van der Waals surface area contributed by atoms with Gasteiger partial charge in [0.2, 0.25) is 0 Å². The molecule has 3 saturated carbocycles. The molecule has 4 aliphatic carbocycles. The van der Waals surface area contributed by atoms with Crippen molar-refractivity contribution in [3.05, 3.63) is 23.8 Å². The van der Waals surface area contributed by atoms with Gasteiger partial charge < -0.3 is 5.11 Å². The van der Waals surface area contributed by atoms with Crippen molar-refractivity contribution in [2.75, 3.05) is 0 Å². The fraction of sp³-hybridized carbons (Fsp3) is 0.862. The zero-order valence-corrected chi connectivity index (χ0v) is 20.7. The maximum atomic E-state index is 10.2. The highest BCUT2D eigenvalue weighted by Gasteiger charge is 2.58. The number of hydrogen-bond acceptors (Lipinski definition) is 1. The summed E-state index contributed by atoms with van der Waals surface area (Å²) in [7, 11) is 0. The Balaban J connectivity index is 1.52. The van der Waals surface area contributed by atoms with Crippen molar-refractivity contribution in [2.45, 2.75) is 105 Å². The highest BCUT2D eigenvalue weighted by Crippen LogP contribution is 2.67. The molecule has 1 N–H and O–H groups in total. The van der Waals surface area contributed by atoms with Crippen molar-refractivity contribution < 1.29 is 5.11 Å². The molecule has 4 aliphatic rings. The molecule has 3 unspecified atom stereocenters. The van der Waals surface area contributed by atoms with Crippen molar-refractivity contribution in [1.29, 1.82) is 0 Å². The van der Waals surface area contributed by atoms with Gasteiger partial charge in [-0.05, 0) is 110 Å². The zero-order chi connectivity index (χ0) is 21.7. The van der Waals surface area contributed by atoms with Gasteiger partial charge in [0.15, 0.2) is 0 Å². The second-order valence-corrected chi connectivity index (χ2v) is 12.4. The molecule has 0 aromatic heterocycles. The Labute approximate surface area is 186 Å². The van der Waals surface area contributed by atoms with Gasteiger partial charge in [0.1, 0.15) is 0 Å². The number of fused-ring (bicyclic) bond motifs is 5. The van der Waals surface area contributed by atoms with E-state index in [2.05, 4.69) is 59.8 Å². The molecule has 0 amide bonds. The zero-order valence-electron chi connectivity index (χ0n) is 20.7. The lowest BCUT2D eigenvalue weighted by atomic mass is 9.47. The van der Waals surface area contributed by atoms with E-state index in [9.17, 15) is 5.11 Å². The summed E-state index contributed by atoms with van der Waals surface area (Å²) in [6.45, 7) is 14.8. The van der Waals surface area contributed by atoms with E-state index in [1.807, 2.05) is 0 Å². The minimum absolute atomic E-state index is 0.0870. The Hall–Kier alpha value is -0.560. The number of aliphatic hydroxyl groups excluding tert-OH is 1. The average molecular weight is 413 g/mol. The number of aliphatic hydroxyl groups is 1. The monoisotopic (exact) mass is 412 g/mol. The molecular weight excluding hydrogens is 364 g/mol. The molecule has 3 fully saturated rings. The third-order valence-corrected chi connectivity index (χ3v) is 10.8. The van der Waals surface area contributed by atoms with Crippen LogP contribution in [0.15, 0.2) is 23.8 Å². The summed E-state index contributed by atoms with van der Waals surface area (Å²) in [6, 6.07) is 0. The Kier molecular flexibility index (Phi) is 6.35. The van der Waals surface area contributed by atoms with Gasteiger partial charge in [-0.15, -0.1) is 0 Å². The van der Waals surface area contributed by atoms with Gasteiger partial charge in [0.05, 0.1) is 6.10 Å². The van der Waals surface area contributed by atoms with Crippen LogP contribution in [0, 0.1) is 52.3 Å². The first-order chi connectivity index (χ1) is 14.2. The lowest BCUT2D eigenvalue weighted by Crippen LogP contribution is -2.50. The van der Waals surface area contributed by atoms with Gasteiger partial charge in [-0.2, -0.15) is 0 Å². The normalized spacial score (nSPS) is 45.6. The lowest BCUT2D eigenvalue weighted by molar-refractivity contribution is -0.0540. The van der Waals surface area contributed by atoms with Crippen LogP contribution in [-0.4, -0.2) is 11.2 Å². The fourth-order valence-corrected chi connectivity index (χ4v) is 8.83. The predicted molar refractivity (Wildman–Crippen MR) is 128 cm³/mol. The largest absolute Gasteiger partial charge is 0.393 e. The Morgan fingerprint density at radius 1 is 1.03 bits per heavy atom. The van der Waals surface area contributed by atoms with Gasteiger partial charge in [-0.3, -0.25) is 0 Å². The van der Waals surface area contributed by atoms with Crippen molar-refractivity contribution in [3.63, 3.8) is 0 Å². The molecule has 0 spiro atoms. The first kappa shape index (κ1) is 22.6. The van der Waals surface area contributed by atoms with Gasteiger partial charge in [-0.25, -0.2) is 0 Å². The fourth-order valence-electron chi connectivity index (χ4n) is 8.83. The van der Waals surface area contributed by atoms with E-state index in [1.54, 1.807) is 5.57 Å². The van der Waals surface area contributed by atoms with Gasteiger partial charge in [0, 0.05) is 0 Å². The molecule has 0 saturated heterocycles. The van der Waals surface area contributed by atoms with Gasteiger partial charge in [0.25, 0.3) is 0 Å². The Bertz CT molecular complexity index is 674. The van der Waals surface area contributed by atoms with Crippen LogP contribution in [0.1, 0.15) is 99.3 Å². The highest BCUT2D eigenvalue weighted by atomic mass is 16.3. The number of allylic oxidation sites excluding steroid dienone is 3. The molecule has 30 heavy (non-hydrogen) atoms. The molecule has 1 nitrogen and oxygen atoms in total. The predicted octanol–water partition coefficient (Wildman–Crippen LogP) is 7.80. The Morgan fingerprint density at radius 2 is 1.80 bits per heavy atom. The minimum atomic E-state index is -0.0870. The van der Waals surface area contributed by atoms with E-state index in [0.29, 0.717) is 16.7 Å². The van der Waals surface area contributed by atoms with Crippen LogP contribution >= 0.6 is 0 Å². The smallest absolute Gasteiger partial charge is 0.0577 e. The molecule has 0 aromatic rings. The Morgan fingerprint density at radius 3 is 2.50 bits per heavy atom. The van der Waals surface area contributed by atoms with Crippen LogP contribution in [0.3, 0.4) is 0 Å². The second-order valence-electron chi connectivity index (χ2n) is 12.4. The summed E-state index contributed by atoms with van der Waals surface area (Å²) in [6.07, 6.45) is 19.1. The number of hydrogen-bond donors (Lipinski definition) is 1. The average Bonchev–Trinajstić information content (AvgIpc) is 3.06. The highest BCUT2D eigenvalue weighted by molar-refractivity contribution is 5.25. The molecule has 0 heterocycles.